The zero-order valence-corrected chi connectivity index (χ0v) is 7.40. The van der Waals surface area contributed by atoms with Crippen molar-refractivity contribution in [2.24, 2.45) is 5.41 Å². The largest absolute Gasteiger partial charge is 0.319 e. The van der Waals surface area contributed by atoms with Gasteiger partial charge in [0.2, 0.25) is 0 Å². The van der Waals surface area contributed by atoms with Gasteiger partial charge in [-0.1, -0.05) is 0 Å². The highest BCUT2D eigenvalue weighted by atomic mass is 15.2. The molecule has 2 bridgehead atoms. The molecule has 3 aliphatic heterocycles. The van der Waals surface area contributed by atoms with Crippen molar-refractivity contribution >= 4 is 0 Å². The Morgan fingerprint density at radius 1 is 1.18 bits per heavy atom. The van der Waals surface area contributed by atoms with Crippen LogP contribution in [0.2, 0.25) is 0 Å². The van der Waals surface area contributed by atoms with Crippen LogP contribution in [0.1, 0.15) is 19.3 Å². The Morgan fingerprint density at radius 2 is 1.73 bits per heavy atom. The number of fused-ring (bicyclic) bond motifs is 3. The van der Waals surface area contributed by atoms with Crippen molar-refractivity contribution < 1.29 is 0 Å². The van der Waals surface area contributed by atoms with Crippen molar-refractivity contribution in [1.29, 1.82) is 0 Å². The topological polar surface area (TPSA) is 15.3 Å². The molecule has 0 atom stereocenters. The second kappa shape index (κ2) is 2.76. The summed E-state index contributed by atoms with van der Waals surface area (Å²) in [5.74, 6) is 0. The standard InChI is InChI=1S/C9H18N2/c1-10-8-9-2-5-11(6-3-9)7-4-9/h10H,2-8H2,1H3. The Balaban J connectivity index is 2.00. The van der Waals surface area contributed by atoms with E-state index in [9.17, 15) is 0 Å². The molecule has 3 saturated heterocycles. The number of hydrogen-bond donors (Lipinski definition) is 1. The normalized spacial score (nSPS) is 42.8. The van der Waals surface area contributed by atoms with Crippen LogP contribution in [-0.4, -0.2) is 38.1 Å². The van der Waals surface area contributed by atoms with Crippen molar-refractivity contribution in [3.63, 3.8) is 0 Å². The maximum absolute atomic E-state index is 3.34. The molecule has 3 heterocycles. The lowest BCUT2D eigenvalue weighted by Gasteiger charge is -2.48. The van der Waals surface area contributed by atoms with E-state index in [1.165, 1.54) is 45.4 Å². The zero-order chi connectivity index (χ0) is 7.73. The van der Waals surface area contributed by atoms with Gasteiger partial charge in [0.1, 0.15) is 0 Å². The van der Waals surface area contributed by atoms with Crippen LogP contribution in [0, 0.1) is 5.41 Å². The van der Waals surface area contributed by atoms with E-state index in [4.69, 9.17) is 0 Å². The molecule has 64 valence electrons. The lowest BCUT2D eigenvalue weighted by Crippen LogP contribution is -2.51. The van der Waals surface area contributed by atoms with Crippen molar-refractivity contribution in [2.45, 2.75) is 19.3 Å². The van der Waals surface area contributed by atoms with Gasteiger partial charge in [0, 0.05) is 6.54 Å². The average Bonchev–Trinajstić information content (AvgIpc) is 2.07. The molecule has 0 radical (unpaired) electrons. The molecule has 0 aromatic heterocycles. The highest BCUT2D eigenvalue weighted by Gasteiger charge is 2.38. The molecule has 3 rings (SSSR count). The van der Waals surface area contributed by atoms with Crippen molar-refractivity contribution in [3.8, 4) is 0 Å². The minimum atomic E-state index is 0.684. The first-order valence-corrected chi connectivity index (χ1v) is 4.72. The molecule has 11 heavy (non-hydrogen) atoms. The van der Waals surface area contributed by atoms with Crippen molar-refractivity contribution in [2.75, 3.05) is 33.2 Å². The summed E-state index contributed by atoms with van der Waals surface area (Å²) in [6.07, 6.45) is 4.27. The van der Waals surface area contributed by atoms with Crippen LogP contribution < -0.4 is 5.32 Å². The van der Waals surface area contributed by atoms with Crippen molar-refractivity contribution in [3.05, 3.63) is 0 Å². The molecular formula is C9H18N2. The molecule has 2 nitrogen and oxygen atoms in total. The highest BCUT2D eigenvalue weighted by Crippen LogP contribution is 2.39. The van der Waals surface area contributed by atoms with Gasteiger partial charge in [-0.15, -0.1) is 0 Å². The van der Waals surface area contributed by atoms with E-state index in [0.29, 0.717) is 5.41 Å². The lowest BCUT2D eigenvalue weighted by molar-refractivity contribution is 0.0280. The van der Waals surface area contributed by atoms with E-state index in [1.54, 1.807) is 0 Å². The third-order valence-electron chi connectivity index (χ3n) is 3.43. The summed E-state index contributed by atoms with van der Waals surface area (Å²) in [6, 6.07) is 0. The maximum atomic E-state index is 3.34. The first-order valence-electron chi connectivity index (χ1n) is 4.72. The van der Waals surface area contributed by atoms with Crippen LogP contribution in [0.15, 0.2) is 0 Å². The molecule has 2 heteroatoms. The molecule has 0 spiro atoms. The van der Waals surface area contributed by atoms with E-state index >= 15 is 0 Å². The van der Waals surface area contributed by atoms with E-state index in [0.717, 1.165) is 0 Å². The fraction of sp³-hybridized carbons (Fsp3) is 1.00. The SMILES string of the molecule is CNCC12CCN(CC1)CC2. The van der Waals surface area contributed by atoms with E-state index in [2.05, 4.69) is 17.3 Å². The monoisotopic (exact) mass is 154 g/mol. The van der Waals surface area contributed by atoms with Crippen LogP contribution in [0.3, 0.4) is 0 Å². The molecule has 0 aromatic carbocycles. The molecule has 0 aromatic rings. The zero-order valence-electron chi connectivity index (χ0n) is 7.40. The molecule has 3 fully saturated rings. The molecule has 3 aliphatic rings. The Labute approximate surface area is 69.0 Å². The summed E-state index contributed by atoms with van der Waals surface area (Å²) in [6.45, 7) is 5.28. The molecular weight excluding hydrogens is 136 g/mol. The van der Waals surface area contributed by atoms with Gasteiger partial charge in [-0.3, -0.25) is 0 Å². The van der Waals surface area contributed by atoms with Crippen LogP contribution >= 0.6 is 0 Å². The Kier molecular flexibility index (Phi) is 1.90. The summed E-state index contributed by atoms with van der Waals surface area (Å²) in [5, 5.41) is 3.34. The predicted octanol–water partition coefficient (Wildman–Crippen LogP) is 0.692. The van der Waals surface area contributed by atoms with Gasteiger partial charge in [-0.25, -0.2) is 0 Å². The number of nitrogens with one attached hydrogen (secondary N) is 1. The number of nitrogens with zero attached hydrogens (tertiary/aromatic N) is 1. The fourth-order valence-corrected chi connectivity index (χ4v) is 2.54. The quantitative estimate of drug-likeness (QED) is 0.629. The second-order valence-corrected chi connectivity index (χ2v) is 4.12. The minimum absolute atomic E-state index is 0.684. The fourth-order valence-electron chi connectivity index (χ4n) is 2.54. The third kappa shape index (κ3) is 1.30. The van der Waals surface area contributed by atoms with Gasteiger partial charge in [-0.2, -0.15) is 0 Å². The molecule has 0 amide bonds. The average molecular weight is 154 g/mol. The first-order chi connectivity index (χ1) is 5.35. The van der Waals surface area contributed by atoms with Gasteiger partial charge in [-0.05, 0) is 51.4 Å². The van der Waals surface area contributed by atoms with Gasteiger partial charge >= 0.3 is 0 Å². The number of piperidine rings is 3. The summed E-state index contributed by atoms with van der Waals surface area (Å²) in [7, 11) is 2.08. The van der Waals surface area contributed by atoms with Gasteiger partial charge in [0.15, 0.2) is 0 Å². The first kappa shape index (κ1) is 7.56. The van der Waals surface area contributed by atoms with E-state index in [-0.39, 0.29) is 0 Å². The second-order valence-electron chi connectivity index (χ2n) is 4.12. The van der Waals surface area contributed by atoms with Crippen LogP contribution in [0.4, 0.5) is 0 Å². The van der Waals surface area contributed by atoms with Gasteiger partial charge < -0.3 is 10.2 Å². The van der Waals surface area contributed by atoms with Crippen LogP contribution in [-0.2, 0) is 0 Å². The maximum Gasteiger partial charge on any atom is 0.000624 e. The smallest absolute Gasteiger partial charge is 0.000624 e. The van der Waals surface area contributed by atoms with Crippen LogP contribution in [0.25, 0.3) is 0 Å². The summed E-state index contributed by atoms with van der Waals surface area (Å²) >= 11 is 0. The Bertz CT molecular complexity index is 117. The summed E-state index contributed by atoms with van der Waals surface area (Å²) in [5.41, 5.74) is 0.684. The lowest BCUT2D eigenvalue weighted by atomic mass is 9.72. The predicted molar refractivity (Wildman–Crippen MR) is 46.7 cm³/mol. The third-order valence-corrected chi connectivity index (χ3v) is 3.43. The molecule has 0 aliphatic carbocycles. The van der Waals surface area contributed by atoms with E-state index in [1.807, 2.05) is 0 Å². The Hall–Kier alpha value is -0.0800. The highest BCUT2D eigenvalue weighted by molar-refractivity contribution is 4.92. The van der Waals surface area contributed by atoms with Crippen molar-refractivity contribution in [1.82, 2.24) is 10.2 Å². The minimum Gasteiger partial charge on any atom is -0.319 e. The Morgan fingerprint density at radius 3 is 2.18 bits per heavy atom. The summed E-state index contributed by atoms with van der Waals surface area (Å²) in [4.78, 5) is 2.59. The molecule has 1 N–H and O–H groups in total. The van der Waals surface area contributed by atoms with Gasteiger partial charge in [0.05, 0.1) is 0 Å². The van der Waals surface area contributed by atoms with E-state index < -0.39 is 0 Å². The number of rotatable bonds is 2. The van der Waals surface area contributed by atoms with Crippen LogP contribution in [0.5, 0.6) is 0 Å². The molecule has 0 unspecified atom stereocenters. The van der Waals surface area contributed by atoms with Gasteiger partial charge in [0.25, 0.3) is 0 Å². The summed E-state index contributed by atoms with van der Waals surface area (Å²) < 4.78 is 0. The molecule has 0 saturated carbocycles. The number of hydrogen-bond acceptors (Lipinski definition) is 2.